The number of benzene rings is 1. The zero-order valence-corrected chi connectivity index (χ0v) is 13.5. The van der Waals surface area contributed by atoms with E-state index in [0.717, 1.165) is 11.3 Å². The molecule has 0 aliphatic heterocycles. The van der Waals surface area contributed by atoms with Crippen molar-refractivity contribution in [1.29, 1.82) is 0 Å². The van der Waals surface area contributed by atoms with E-state index in [1.807, 2.05) is 43.5 Å². The molecule has 0 heterocycles. The van der Waals surface area contributed by atoms with E-state index in [9.17, 15) is 9.59 Å². The Balaban J connectivity index is 2.87. The molecule has 1 amide bonds. The number of carbonyl (C=O) groups is 2. The third-order valence-corrected chi connectivity index (χ3v) is 3.54. The van der Waals surface area contributed by atoms with Crippen LogP contribution < -0.4 is 0 Å². The number of hydrogen-bond donors (Lipinski definition) is 1. The van der Waals surface area contributed by atoms with E-state index in [2.05, 4.69) is 0 Å². The Labute approximate surface area is 129 Å². The summed E-state index contributed by atoms with van der Waals surface area (Å²) >= 11 is 1.68. The van der Waals surface area contributed by atoms with E-state index in [4.69, 9.17) is 5.11 Å². The van der Waals surface area contributed by atoms with Crippen LogP contribution in [0.2, 0.25) is 0 Å². The second-order valence-corrected chi connectivity index (χ2v) is 5.92. The molecule has 1 rings (SSSR count). The number of carboxylic acids is 1. The molecular weight excluding hydrogens is 288 g/mol. The minimum Gasteiger partial charge on any atom is -0.480 e. The molecule has 116 valence electrons. The molecule has 0 bridgehead atoms. The first kappa shape index (κ1) is 17.5. The molecule has 6 heteroatoms. The molecule has 0 spiro atoms. The van der Waals surface area contributed by atoms with E-state index in [-0.39, 0.29) is 12.5 Å². The van der Waals surface area contributed by atoms with Crippen LogP contribution in [0.4, 0.5) is 0 Å². The fraction of sp³-hybridized carbons (Fsp3) is 0.467. The number of amides is 1. The van der Waals surface area contributed by atoms with Gasteiger partial charge in [0, 0.05) is 24.4 Å². The highest BCUT2D eigenvalue weighted by atomic mass is 32.2. The molecule has 0 aliphatic rings. The van der Waals surface area contributed by atoms with Gasteiger partial charge in [0.1, 0.15) is 6.54 Å². The third kappa shape index (κ3) is 6.18. The number of hydrogen-bond acceptors (Lipinski definition) is 4. The van der Waals surface area contributed by atoms with Crippen molar-refractivity contribution in [3.05, 3.63) is 35.4 Å². The van der Waals surface area contributed by atoms with Crippen molar-refractivity contribution in [1.82, 2.24) is 9.80 Å². The molecule has 1 N–H and O–H groups in total. The van der Waals surface area contributed by atoms with Gasteiger partial charge in [0.25, 0.3) is 5.91 Å². The molecule has 21 heavy (non-hydrogen) atoms. The largest absolute Gasteiger partial charge is 0.480 e. The SMILES string of the molecule is CSCc1cccc(C(=O)N(CCN(C)C)CC(=O)O)c1. The predicted molar refractivity (Wildman–Crippen MR) is 85.8 cm³/mol. The Morgan fingerprint density at radius 3 is 2.52 bits per heavy atom. The summed E-state index contributed by atoms with van der Waals surface area (Å²) in [4.78, 5) is 26.7. The van der Waals surface area contributed by atoms with Gasteiger partial charge >= 0.3 is 5.97 Å². The van der Waals surface area contributed by atoms with E-state index in [1.54, 1.807) is 17.8 Å². The van der Waals surface area contributed by atoms with Gasteiger partial charge in [-0.25, -0.2) is 0 Å². The molecule has 0 saturated carbocycles. The molecule has 1 aromatic rings. The Hall–Kier alpha value is -1.53. The summed E-state index contributed by atoms with van der Waals surface area (Å²) in [5.41, 5.74) is 1.61. The van der Waals surface area contributed by atoms with Crippen LogP contribution in [0.1, 0.15) is 15.9 Å². The first-order chi connectivity index (χ1) is 9.93. The quantitative estimate of drug-likeness (QED) is 0.791. The molecule has 1 aromatic carbocycles. The van der Waals surface area contributed by atoms with Crippen molar-refractivity contribution in [2.45, 2.75) is 5.75 Å². The van der Waals surface area contributed by atoms with Crippen LogP contribution in [-0.4, -0.2) is 66.8 Å². The van der Waals surface area contributed by atoms with Gasteiger partial charge in [-0.15, -0.1) is 0 Å². The lowest BCUT2D eigenvalue weighted by molar-refractivity contribution is -0.137. The fourth-order valence-corrected chi connectivity index (χ4v) is 2.39. The molecule has 0 saturated heterocycles. The zero-order valence-electron chi connectivity index (χ0n) is 12.7. The van der Waals surface area contributed by atoms with Crippen LogP contribution in [0, 0.1) is 0 Å². The molecule has 0 aromatic heterocycles. The minimum atomic E-state index is -0.998. The smallest absolute Gasteiger partial charge is 0.323 e. The van der Waals surface area contributed by atoms with Crippen LogP contribution in [0.25, 0.3) is 0 Å². The second kappa shape index (κ2) is 8.69. The van der Waals surface area contributed by atoms with E-state index in [0.29, 0.717) is 18.7 Å². The topological polar surface area (TPSA) is 60.9 Å². The highest BCUT2D eigenvalue weighted by Crippen LogP contribution is 2.13. The van der Waals surface area contributed by atoms with Gasteiger partial charge in [-0.3, -0.25) is 9.59 Å². The Kier molecular flexibility index (Phi) is 7.25. The van der Waals surface area contributed by atoms with Gasteiger partial charge in [-0.1, -0.05) is 12.1 Å². The summed E-state index contributed by atoms with van der Waals surface area (Å²) < 4.78 is 0. The number of aliphatic carboxylic acids is 1. The predicted octanol–water partition coefficient (Wildman–Crippen LogP) is 1.64. The van der Waals surface area contributed by atoms with Crippen molar-refractivity contribution >= 4 is 23.6 Å². The number of carbonyl (C=O) groups excluding carboxylic acids is 1. The normalized spacial score (nSPS) is 10.7. The van der Waals surface area contributed by atoms with E-state index < -0.39 is 5.97 Å². The van der Waals surface area contributed by atoms with Gasteiger partial charge < -0.3 is 14.9 Å². The van der Waals surface area contributed by atoms with Crippen LogP contribution in [-0.2, 0) is 10.5 Å². The second-order valence-electron chi connectivity index (χ2n) is 5.06. The van der Waals surface area contributed by atoms with Gasteiger partial charge in [-0.05, 0) is 38.0 Å². The molecular formula is C15H22N2O3S. The third-order valence-electron chi connectivity index (χ3n) is 2.92. The van der Waals surface area contributed by atoms with Gasteiger partial charge in [0.05, 0.1) is 0 Å². The van der Waals surface area contributed by atoms with Gasteiger partial charge in [0.15, 0.2) is 0 Å². The Bertz CT molecular complexity index is 492. The number of nitrogens with zero attached hydrogens (tertiary/aromatic N) is 2. The number of likely N-dealkylation sites (N-methyl/N-ethyl adjacent to an activating group) is 1. The van der Waals surface area contributed by atoms with Crippen molar-refractivity contribution in [3.8, 4) is 0 Å². The Morgan fingerprint density at radius 1 is 1.24 bits per heavy atom. The summed E-state index contributed by atoms with van der Waals surface area (Å²) in [5, 5.41) is 8.97. The van der Waals surface area contributed by atoms with Gasteiger partial charge in [-0.2, -0.15) is 11.8 Å². The standard InChI is InChI=1S/C15H22N2O3S/c1-16(2)7-8-17(10-14(18)19)15(20)13-6-4-5-12(9-13)11-21-3/h4-6,9H,7-8,10-11H2,1-3H3,(H,18,19). The number of rotatable bonds is 8. The van der Waals surface area contributed by atoms with Crippen LogP contribution in [0.3, 0.4) is 0 Å². The Morgan fingerprint density at radius 2 is 1.95 bits per heavy atom. The molecule has 0 fully saturated rings. The minimum absolute atomic E-state index is 0.234. The average molecular weight is 310 g/mol. The first-order valence-electron chi connectivity index (χ1n) is 6.67. The van der Waals surface area contributed by atoms with E-state index >= 15 is 0 Å². The lowest BCUT2D eigenvalue weighted by Gasteiger charge is -2.23. The van der Waals surface area contributed by atoms with Crippen LogP contribution >= 0.6 is 11.8 Å². The summed E-state index contributed by atoms with van der Waals surface area (Å²) in [5.74, 6) is -0.401. The van der Waals surface area contributed by atoms with Crippen molar-refractivity contribution in [2.75, 3.05) is 40.0 Å². The van der Waals surface area contributed by atoms with Crippen molar-refractivity contribution in [3.63, 3.8) is 0 Å². The highest BCUT2D eigenvalue weighted by molar-refractivity contribution is 7.97. The molecule has 0 radical (unpaired) electrons. The molecule has 5 nitrogen and oxygen atoms in total. The maximum atomic E-state index is 12.5. The molecule has 0 atom stereocenters. The monoisotopic (exact) mass is 310 g/mol. The highest BCUT2D eigenvalue weighted by Gasteiger charge is 2.18. The van der Waals surface area contributed by atoms with Crippen LogP contribution in [0.5, 0.6) is 0 Å². The maximum absolute atomic E-state index is 12.5. The summed E-state index contributed by atoms with van der Waals surface area (Å²) in [6.07, 6.45) is 2.00. The van der Waals surface area contributed by atoms with Crippen molar-refractivity contribution in [2.24, 2.45) is 0 Å². The summed E-state index contributed by atoms with van der Waals surface area (Å²) in [7, 11) is 3.78. The summed E-state index contributed by atoms with van der Waals surface area (Å²) in [6, 6.07) is 7.37. The van der Waals surface area contributed by atoms with Gasteiger partial charge in [0.2, 0.25) is 0 Å². The van der Waals surface area contributed by atoms with E-state index in [1.165, 1.54) is 4.90 Å². The number of thioether (sulfide) groups is 1. The number of carboxylic acid groups (broad SMARTS) is 1. The lowest BCUT2D eigenvalue weighted by atomic mass is 10.1. The fourth-order valence-electron chi connectivity index (χ4n) is 1.88. The first-order valence-corrected chi connectivity index (χ1v) is 8.07. The van der Waals surface area contributed by atoms with Crippen LogP contribution in [0.15, 0.2) is 24.3 Å². The zero-order chi connectivity index (χ0) is 15.8. The summed E-state index contributed by atoms with van der Waals surface area (Å²) in [6.45, 7) is 0.744. The lowest BCUT2D eigenvalue weighted by Crippen LogP contribution is -2.40. The average Bonchev–Trinajstić information content (AvgIpc) is 2.43. The molecule has 0 unspecified atom stereocenters. The van der Waals surface area contributed by atoms with Crippen molar-refractivity contribution < 1.29 is 14.7 Å². The molecule has 0 aliphatic carbocycles. The maximum Gasteiger partial charge on any atom is 0.323 e.